The van der Waals surface area contributed by atoms with Gasteiger partial charge >= 0.3 is 5.97 Å². The van der Waals surface area contributed by atoms with Gasteiger partial charge in [-0.25, -0.2) is 9.18 Å². The van der Waals surface area contributed by atoms with E-state index in [1.54, 1.807) is 37.3 Å². The molecule has 0 aliphatic heterocycles. The summed E-state index contributed by atoms with van der Waals surface area (Å²) in [6.45, 7) is 1.67. The van der Waals surface area contributed by atoms with E-state index >= 15 is 0 Å². The van der Waals surface area contributed by atoms with Crippen molar-refractivity contribution in [3.05, 3.63) is 63.9 Å². The zero-order valence-corrected chi connectivity index (χ0v) is 12.7. The summed E-state index contributed by atoms with van der Waals surface area (Å²) in [5, 5.41) is 8.70. The summed E-state index contributed by atoms with van der Waals surface area (Å²) >= 11 is 3.31. The summed E-state index contributed by atoms with van der Waals surface area (Å²) in [5.74, 6) is -0.612. The van der Waals surface area contributed by atoms with Crippen LogP contribution in [0.3, 0.4) is 0 Å². The highest BCUT2D eigenvalue weighted by atomic mass is 79.9. The molecule has 21 heavy (non-hydrogen) atoms. The number of aryl methyl sites for hydroxylation is 1. The van der Waals surface area contributed by atoms with E-state index in [4.69, 9.17) is 9.84 Å². The molecule has 0 radical (unpaired) electrons. The van der Waals surface area contributed by atoms with E-state index in [1.807, 2.05) is 0 Å². The van der Waals surface area contributed by atoms with Crippen LogP contribution >= 0.6 is 15.9 Å². The summed E-state index contributed by atoms with van der Waals surface area (Å²) in [6.07, 6.45) is 2.44. The number of aliphatic carboxylic acids is 1. The molecule has 0 aromatic heterocycles. The number of carboxylic acids is 1. The van der Waals surface area contributed by atoms with Gasteiger partial charge in [0.05, 0.1) is 0 Å². The van der Waals surface area contributed by atoms with E-state index in [-0.39, 0.29) is 5.82 Å². The Labute approximate surface area is 129 Å². The van der Waals surface area contributed by atoms with Gasteiger partial charge in [-0.2, -0.15) is 0 Å². The maximum Gasteiger partial charge on any atom is 0.328 e. The molecule has 0 aliphatic rings. The Morgan fingerprint density at radius 1 is 1.29 bits per heavy atom. The molecule has 0 aliphatic carbocycles. The number of rotatable bonds is 4. The highest BCUT2D eigenvalue weighted by molar-refractivity contribution is 9.10. The molecule has 2 aromatic carbocycles. The lowest BCUT2D eigenvalue weighted by Gasteiger charge is -2.10. The van der Waals surface area contributed by atoms with Crippen molar-refractivity contribution in [3.8, 4) is 11.5 Å². The molecule has 3 nitrogen and oxygen atoms in total. The second-order valence-electron chi connectivity index (χ2n) is 4.37. The van der Waals surface area contributed by atoms with E-state index < -0.39 is 5.97 Å². The Morgan fingerprint density at radius 3 is 2.71 bits per heavy atom. The van der Waals surface area contributed by atoms with Crippen molar-refractivity contribution < 1.29 is 19.0 Å². The monoisotopic (exact) mass is 350 g/mol. The fraction of sp³-hybridized carbons (Fsp3) is 0.0625. The highest BCUT2D eigenvalue weighted by Gasteiger charge is 2.06. The minimum Gasteiger partial charge on any atom is -0.478 e. The van der Waals surface area contributed by atoms with Crippen molar-refractivity contribution in [2.75, 3.05) is 0 Å². The van der Waals surface area contributed by atoms with Gasteiger partial charge in [-0.3, -0.25) is 0 Å². The van der Waals surface area contributed by atoms with Gasteiger partial charge in [-0.1, -0.05) is 22.0 Å². The Morgan fingerprint density at radius 2 is 2.05 bits per heavy atom. The van der Waals surface area contributed by atoms with Crippen molar-refractivity contribution in [2.45, 2.75) is 6.92 Å². The molecular weight excluding hydrogens is 339 g/mol. The number of halogens is 2. The second kappa shape index (κ2) is 6.54. The molecule has 1 N–H and O–H groups in total. The first-order chi connectivity index (χ1) is 9.95. The van der Waals surface area contributed by atoms with Crippen molar-refractivity contribution in [1.82, 2.24) is 0 Å². The Balaban J connectivity index is 2.34. The van der Waals surface area contributed by atoms with E-state index in [2.05, 4.69) is 15.9 Å². The molecule has 0 amide bonds. The van der Waals surface area contributed by atoms with E-state index in [1.165, 1.54) is 12.1 Å². The summed E-state index contributed by atoms with van der Waals surface area (Å²) in [4.78, 5) is 10.6. The predicted octanol–water partition coefficient (Wildman–Crippen LogP) is 4.79. The smallest absolute Gasteiger partial charge is 0.328 e. The summed E-state index contributed by atoms with van der Waals surface area (Å²) in [5.41, 5.74) is 1.11. The lowest BCUT2D eigenvalue weighted by Crippen LogP contribution is -1.91. The molecule has 5 heteroatoms. The topological polar surface area (TPSA) is 46.5 Å². The predicted molar refractivity (Wildman–Crippen MR) is 82.0 cm³/mol. The van der Waals surface area contributed by atoms with Crippen LogP contribution in [0.25, 0.3) is 6.08 Å². The van der Waals surface area contributed by atoms with Gasteiger partial charge in [0.25, 0.3) is 0 Å². The van der Waals surface area contributed by atoms with E-state index in [0.717, 1.165) is 10.5 Å². The van der Waals surface area contributed by atoms with Crippen molar-refractivity contribution >= 4 is 28.0 Å². The third-order valence-corrected chi connectivity index (χ3v) is 3.24. The van der Waals surface area contributed by atoms with Crippen molar-refractivity contribution in [3.63, 3.8) is 0 Å². The first-order valence-corrected chi connectivity index (χ1v) is 6.89. The molecule has 0 atom stereocenters. The van der Waals surface area contributed by atoms with Crippen LogP contribution < -0.4 is 4.74 Å². The number of carbonyl (C=O) groups is 1. The maximum atomic E-state index is 13.5. The largest absolute Gasteiger partial charge is 0.478 e. The molecule has 2 aromatic rings. The molecular formula is C16H12BrFO3. The van der Waals surface area contributed by atoms with Crippen LogP contribution in [-0.4, -0.2) is 11.1 Å². The van der Waals surface area contributed by atoms with E-state index in [0.29, 0.717) is 22.6 Å². The quantitative estimate of drug-likeness (QED) is 0.806. The van der Waals surface area contributed by atoms with Crippen LogP contribution in [0.2, 0.25) is 0 Å². The first-order valence-electron chi connectivity index (χ1n) is 6.10. The number of benzene rings is 2. The van der Waals surface area contributed by atoms with Gasteiger partial charge in [-0.15, -0.1) is 0 Å². The molecule has 0 bridgehead atoms. The van der Waals surface area contributed by atoms with Gasteiger partial charge in [-0.05, 0) is 42.8 Å². The molecule has 0 saturated carbocycles. The maximum absolute atomic E-state index is 13.5. The highest BCUT2D eigenvalue weighted by Crippen LogP contribution is 2.29. The summed E-state index contributed by atoms with van der Waals surface area (Å²) in [6, 6.07) is 9.74. The average molecular weight is 351 g/mol. The summed E-state index contributed by atoms with van der Waals surface area (Å²) < 4.78 is 19.9. The van der Waals surface area contributed by atoms with E-state index in [9.17, 15) is 9.18 Å². The van der Waals surface area contributed by atoms with Crippen LogP contribution in [0.5, 0.6) is 11.5 Å². The molecule has 0 saturated heterocycles. The van der Waals surface area contributed by atoms with Gasteiger partial charge < -0.3 is 9.84 Å². The normalized spacial score (nSPS) is 10.8. The molecule has 108 valence electrons. The lowest BCUT2D eigenvalue weighted by molar-refractivity contribution is -0.131. The molecule has 0 unspecified atom stereocenters. The zero-order chi connectivity index (χ0) is 15.4. The van der Waals surface area contributed by atoms with Gasteiger partial charge in [0, 0.05) is 22.2 Å². The molecule has 0 spiro atoms. The fourth-order valence-corrected chi connectivity index (χ4v) is 2.05. The second-order valence-corrected chi connectivity index (χ2v) is 5.28. The molecule has 0 heterocycles. The van der Waals surface area contributed by atoms with Gasteiger partial charge in [0.1, 0.15) is 17.3 Å². The number of hydrogen-bond donors (Lipinski definition) is 1. The zero-order valence-electron chi connectivity index (χ0n) is 11.1. The van der Waals surface area contributed by atoms with Crippen LogP contribution in [-0.2, 0) is 4.79 Å². The van der Waals surface area contributed by atoms with Crippen LogP contribution in [0.15, 0.2) is 46.9 Å². The minimum atomic E-state index is -1.05. The van der Waals surface area contributed by atoms with Crippen LogP contribution in [0.4, 0.5) is 4.39 Å². The van der Waals surface area contributed by atoms with Gasteiger partial charge in [0.15, 0.2) is 0 Å². The molecule has 2 rings (SSSR count). The van der Waals surface area contributed by atoms with Crippen LogP contribution in [0, 0.1) is 12.7 Å². The number of hydrogen-bond acceptors (Lipinski definition) is 2. The Bertz CT molecular complexity index is 711. The first kappa shape index (κ1) is 15.3. The minimum absolute atomic E-state index is 0.352. The lowest BCUT2D eigenvalue weighted by atomic mass is 10.2. The Hall–Kier alpha value is -2.14. The van der Waals surface area contributed by atoms with Gasteiger partial charge in [0.2, 0.25) is 0 Å². The third kappa shape index (κ3) is 4.16. The SMILES string of the molecule is Cc1ccc(Oc2ccc(Br)cc2/C=C/C(=O)O)cc1F. The standard InChI is InChI=1S/C16H12BrFO3/c1-10-2-5-13(9-14(10)18)21-15-6-4-12(17)8-11(15)3-7-16(19)20/h2-9H,1H3,(H,19,20)/b7-3+. The average Bonchev–Trinajstić information content (AvgIpc) is 2.43. The number of ether oxygens (including phenoxy) is 1. The summed E-state index contributed by atoms with van der Waals surface area (Å²) in [7, 11) is 0. The Kier molecular flexibility index (Phi) is 4.75. The molecule has 0 fully saturated rings. The fourth-order valence-electron chi connectivity index (χ4n) is 1.67. The third-order valence-electron chi connectivity index (χ3n) is 2.75. The van der Waals surface area contributed by atoms with Crippen molar-refractivity contribution in [1.29, 1.82) is 0 Å². The van der Waals surface area contributed by atoms with Crippen molar-refractivity contribution in [2.24, 2.45) is 0 Å². The number of carboxylic acid groups (broad SMARTS) is 1. The van der Waals surface area contributed by atoms with Crippen LogP contribution in [0.1, 0.15) is 11.1 Å².